The zero-order valence-electron chi connectivity index (χ0n) is 17.4. The highest BCUT2D eigenvalue weighted by Gasteiger charge is 2.14. The lowest BCUT2D eigenvalue weighted by Gasteiger charge is -2.14. The number of carbonyl (C=O) groups excluding carboxylic acids is 1. The minimum atomic E-state index is -0.315. The number of amides is 1. The van der Waals surface area contributed by atoms with Crippen LogP contribution in [-0.4, -0.2) is 30.6 Å². The molecule has 0 bridgehead atoms. The molecule has 31 heavy (non-hydrogen) atoms. The number of pyridine rings is 2. The van der Waals surface area contributed by atoms with Gasteiger partial charge in [-0.3, -0.25) is 9.78 Å². The molecule has 3 heterocycles. The van der Waals surface area contributed by atoms with Crippen LogP contribution in [0.15, 0.2) is 67.3 Å². The van der Waals surface area contributed by atoms with E-state index in [0.29, 0.717) is 11.5 Å². The minimum Gasteiger partial charge on any atom is -0.383 e. The standard InChI is InChI=1S/C23H23N7O/c1-3-15(2)30-14-27-29-22(30)17-6-4-7-18(12-17)28-23(31)20-13-16(9-11-25-20)19-8-5-10-26-21(19)24/h4-15H,3H2,1-2H3,(H2,24,26)(H,28,31). The number of nitrogens with one attached hydrogen (secondary N) is 1. The quantitative estimate of drug-likeness (QED) is 0.490. The molecule has 8 heteroatoms. The number of benzene rings is 1. The molecule has 0 saturated carbocycles. The Bertz CT molecular complexity index is 1220. The van der Waals surface area contributed by atoms with Gasteiger partial charge in [-0.25, -0.2) is 4.98 Å². The molecule has 156 valence electrons. The molecule has 0 aliphatic carbocycles. The van der Waals surface area contributed by atoms with Crippen LogP contribution in [-0.2, 0) is 0 Å². The Kier molecular flexibility index (Phi) is 5.70. The fraction of sp³-hybridized carbons (Fsp3) is 0.174. The van der Waals surface area contributed by atoms with E-state index in [2.05, 4.69) is 39.3 Å². The molecule has 1 unspecified atom stereocenters. The molecule has 3 aromatic heterocycles. The number of nitrogens with two attached hydrogens (primary N) is 1. The maximum absolute atomic E-state index is 12.8. The molecular formula is C23H23N7O. The van der Waals surface area contributed by atoms with Gasteiger partial charge in [-0.05, 0) is 55.3 Å². The second-order valence-electron chi connectivity index (χ2n) is 7.22. The van der Waals surface area contributed by atoms with Gasteiger partial charge in [-0.15, -0.1) is 10.2 Å². The van der Waals surface area contributed by atoms with Gasteiger partial charge in [0.05, 0.1) is 0 Å². The Hall–Kier alpha value is -4.07. The number of nitrogen functional groups attached to an aromatic ring is 1. The number of rotatable bonds is 6. The normalized spacial score (nSPS) is 11.8. The third kappa shape index (κ3) is 4.28. The van der Waals surface area contributed by atoms with E-state index in [9.17, 15) is 4.79 Å². The molecule has 0 aliphatic rings. The minimum absolute atomic E-state index is 0.273. The first-order valence-corrected chi connectivity index (χ1v) is 10.0. The summed E-state index contributed by atoms with van der Waals surface area (Å²) >= 11 is 0. The Morgan fingerprint density at radius 2 is 1.97 bits per heavy atom. The summed E-state index contributed by atoms with van der Waals surface area (Å²) < 4.78 is 2.03. The van der Waals surface area contributed by atoms with Crippen LogP contribution in [0.2, 0.25) is 0 Å². The average Bonchev–Trinajstić information content (AvgIpc) is 3.29. The van der Waals surface area contributed by atoms with Gasteiger partial charge in [-0.1, -0.05) is 19.1 Å². The first-order valence-electron chi connectivity index (χ1n) is 10.0. The lowest BCUT2D eigenvalue weighted by Crippen LogP contribution is -2.14. The van der Waals surface area contributed by atoms with Crippen molar-refractivity contribution in [2.45, 2.75) is 26.3 Å². The van der Waals surface area contributed by atoms with Gasteiger partial charge in [0.1, 0.15) is 17.8 Å². The van der Waals surface area contributed by atoms with Crippen molar-refractivity contribution in [1.29, 1.82) is 0 Å². The Morgan fingerprint density at radius 3 is 2.77 bits per heavy atom. The Labute approximate surface area is 180 Å². The maximum Gasteiger partial charge on any atom is 0.274 e. The molecule has 3 N–H and O–H groups in total. The van der Waals surface area contributed by atoms with Crippen LogP contribution < -0.4 is 11.1 Å². The fourth-order valence-electron chi connectivity index (χ4n) is 3.28. The van der Waals surface area contributed by atoms with Crippen LogP contribution in [0.5, 0.6) is 0 Å². The maximum atomic E-state index is 12.8. The predicted octanol–water partition coefficient (Wildman–Crippen LogP) is 4.21. The molecule has 0 saturated heterocycles. The molecule has 1 aromatic carbocycles. The summed E-state index contributed by atoms with van der Waals surface area (Å²) in [5.41, 5.74) is 9.31. The van der Waals surface area contributed by atoms with Crippen molar-refractivity contribution >= 4 is 17.4 Å². The van der Waals surface area contributed by atoms with Gasteiger partial charge in [0.2, 0.25) is 0 Å². The first-order chi connectivity index (χ1) is 15.1. The highest BCUT2D eigenvalue weighted by Crippen LogP contribution is 2.26. The van der Waals surface area contributed by atoms with E-state index in [1.807, 2.05) is 34.9 Å². The van der Waals surface area contributed by atoms with E-state index >= 15 is 0 Å². The zero-order valence-corrected chi connectivity index (χ0v) is 17.4. The van der Waals surface area contributed by atoms with Crippen molar-refractivity contribution in [2.24, 2.45) is 0 Å². The Balaban J connectivity index is 1.58. The third-order valence-corrected chi connectivity index (χ3v) is 5.16. The lowest BCUT2D eigenvalue weighted by molar-refractivity contribution is 0.102. The van der Waals surface area contributed by atoms with E-state index in [1.165, 1.54) is 0 Å². The Morgan fingerprint density at radius 1 is 1.10 bits per heavy atom. The van der Waals surface area contributed by atoms with Crippen LogP contribution in [0.1, 0.15) is 36.8 Å². The van der Waals surface area contributed by atoms with Gasteiger partial charge < -0.3 is 15.6 Å². The van der Waals surface area contributed by atoms with E-state index in [0.717, 1.165) is 28.9 Å². The van der Waals surface area contributed by atoms with Crippen molar-refractivity contribution in [2.75, 3.05) is 11.1 Å². The van der Waals surface area contributed by atoms with Crippen molar-refractivity contribution in [3.05, 3.63) is 72.9 Å². The molecule has 0 spiro atoms. The molecule has 1 amide bonds. The van der Waals surface area contributed by atoms with Gasteiger partial charge in [0, 0.05) is 35.2 Å². The number of carbonyl (C=O) groups is 1. The fourth-order valence-corrected chi connectivity index (χ4v) is 3.28. The van der Waals surface area contributed by atoms with Crippen molar-refractivity contribution < 1.29 is 4.79 Å². The molecule has 1 atom stereocenters. The lowest BCUT2D eigenvalue weighted by atomic mass is 10.1. The monoisotopic (exact) mass is 413 g/mol. The van der Waals surface area contributed by atoms with Crippen LogP contribution in [0.4, 0.5) is 11.5 Å². The highest BCUT2D eigenvalue weighted by atomic mass is 16.1. The van der Waals surface area contributed by atoms with Crippen LogP contribution in [0.3, 0.4) is 0 Å². The van der Waals surface area contributed by atoms with Crippen LogP contribution in [0, 0.1) is 0 Å². The second kappa shape index (κ2) is 8.74. The smallest absolute Gasteiger partial charge is 0.274 e. The summed E-state index contributed by atoms with van der Waals surface area (Å²) in [6, 6.07) is 15.0. The molecular weight excluding hydrogens is 390 g/mol. The van der Waals surface area contributed by atoms with E-state index in [4.69, 9.17) is 5.73 Å². The van der Waals surface area contributed by atoms with Gasteiger partial charge in [-0.2, -0.15) is 0 Å². The molecule has 4 rings (SSSR count). The molecule has 0 aliphatic heterocycles. The van der Waals surface area contributed by atoms with Crippen molar-refractivity contribution in [1.82, 2.24) is 24.7 Å². The third-order valence-electron chi connectivity index (χ3n) is 5.16. The highest BCUT2D eigenvalue weighted by molar-refractivity contribution is 6.03. The molecule has 0 radical (unpaired) electrons. The van der Waals surface area contributed by atoms with E-state index in [-0.39, 0.29) is 17.6 Å². The van der Waals surface area contributed by atoms with Gasteiger partial charge >= 0.3 is 0 Å². The number of hydrogen-bond donors (Lipinski definition) is 2. The summed E-state index contributed by atoms with van der Waals surface area (Å²) in [7, 11) is 0. The first kappa shape index (κ1) is 20.2. The predicted molar refractivity (Wildman–Crippen MR) is 120 cm³/mol. The number of nitrogens with zero attached hydrogens (tertiary/aromatic N) is 5. The molecule has 0 fully saturated rings. The van der Waals surface area contributed by atoms with Crippen molar-refractivity contribution in [3.63, 3.8) is 0 Å². The summed E-state index contributed by atoms with van der Waals surface area (Å²) in [4.78, 5) is 21.2. The summed E-state index contributed by atoms with van der Waals surface area (Å²) in [5, 5.41) is 11.2. The van der Waals surface area contributed by atoms with E-state index in [1.54, 1.807) is 36.9 Å². The molecule has 8 nitrogen and oxygen atoms in total. The number of hydrogen-bond acceptors (Lipinski definition) is 6. The summed E-state index contributed by atoms with van der Waals surface area (Å²) in [6.45, 7) is 4.23. The van der Waals surface area contributed by atoms with Gasteiger partial charge in [0.25, 0.3) is 5.91 Å². The molecule has 4 aromatic rings. The largest absolute Gasteiger partial charge is 0.383 e. The SMILES string of the molecule is CCC(C)n1cnnc1-c1cccc(NC(=O)c2cc(-c3cccnc3N)ccn2)c1. The van der Waals surface area contributed by atoms with Crippen LogP contribution in [0.25, 0.3) is 22.5 Å². The van der Waals surface area contributed by atoms with Crippen LogP contribution >= 0.6 is 0 Å². The average molecular weight is 413 g/mol. The summed E-state index contributed by atoms with van der Waals surface area (Å²) in [5.74, 6) is 0.848. The number of aromatic nitrogens is 5. The van der Waals surface area contributed by atoms with Crippen molar-refractivity contribution in [3.8, 4) is 22.5 Å². The second-order valence-corrected chi connectivity index (χ2v) is 7.22. The zero-order chi connectivity index (χ0) is 21.8. The van der Waals surface area contributed by atoms with Gasteiger partial charge in [0.15, 0.2) is 5.82 Å². The summed E-state index contributed by atoms with van der Waals surface area (Å²) in [6.07, 6.45) is 5.91. The van der Waals surface area contributed by atoms with E-state index < -0.39 is 0 Å². The topological polar surface area (TPSA) is 112 Å². The number of anilines is 2.